The van der Waals surface area contributed by atoms with Crippen molar-refractivity contribution in [3.05, 3.63) is 65.5 Å². The van der Waals surface area contributed by atoms with Crippen molar-refractivity contribution in [2.24, 2.45) is 18.2 Å². The minimum Gasteiger partial charge on any atom is -0.480 e. The molecule has 1 fully saturated rings. The zero-order valence-electron chi connectivity index (χ0n) is 15.1. The molecule has 3 N–H and O–H groups in total. The number of hydrogen-bond donors (Lipinski definition) is 2. The van der Waals surface area contributed by atoms with Crippen LogP contribution < -0.4 is 5.73 Å². The second kappa shape index (κ2) is 6.23. The van der Waals surface area contributed by atoms with Crippen molar-refractivity contribution in [3.8, 4) is 0 Å². The Labute approximate surface area is 156 Å². The summed E-state index contributed by atoms with van der Waals surface area (Å²) in [6, 6.07) is 16.0. The van der Waals surface area contributed by atoms with Gasteiger partial charge in [-0.1, -0.05) is 36.4 Å². The molecule has 0 radical (unpaired) electrons. The monoisotopic (exact) mass is 363 g/mol. The maximum absolute atomic E-state index is 11.7. The highest BCUT2D eigenvalue weighted by Gasteiger charge is 2.65. The predicted octanol–water partition coefficient (Wildman–Crippen LogP) is 2.40. The van der Waals surface area contributed by atoms with E-state index < -0.39 is 17.3 Å². The number of imidazole rings is 1. The normalized spacial score (nSPS) is 21.3. The third-order valence-corrected chi connectivity index (χ3v) is 5.66. The highest BCUT2D eigenvalue weighted by atomic mass is 16.4. The largest absolute Gasteiger partial charge is 0.480 e. The number of benzene rings is 2. The van der Waals surface area contributed by atoms with Gasteiger partial charge in [0.2, 0.25) is 5.91 Å². The van der Waals surface area contributed by atoms with E-state index in [4.69, 9.17) is 10.7 Å². The Morgan fingerprint density at radius 1 is 1.22 bits per heavy atom. The van der Waals surface area contributed by atoms with Crippen molar-refractivity contribution < 1.29 is 14.7 Å². The first-order valence-electron chi connectivity index (χ1n) is 8.96. The molecule has 1 saturated carbocycles. The van der Waals surface area contributed by atoms with E-state index in [9.17, 15) is 14.7 Å². The lowest BCUT2D eigenvalue weighted by atomic mass is 9.98. The summed E-state index contributed by atoms with van der Waals surface area (Å²) in [5, 5.41) is 9.43. The molecule has 6 nitrogen and oxygen atoms in total. The molecule has 6 heteroatoms. The average molecular weight is 363 g/mol. The first kappa shape index (κ1) is 17.3. The molecule has 1 aromatic heterocycles. The van der Waals surface area contributed by atoms with Gasteiger partial charge in [0.05, 0.1) is 11.0 Å². The average Bonchev–Trinajstić information content (AvgIpc) is 3.36. The number of carbonyl (C=O) groups excluding carboxylic acids is 1. The van der Waals surface area contributed by atoms with Gasteiger partial charge < -0.3 is 15.4 Å². The number of hydrogen-bond acceptors (Lipinski definition) is 3. The molecule has 3 aromatic rings. The van der Waals surface area contributed by atoms with Gasteiger partial charge in [-0.05, 0) is 36.1 Å². The van der Waals surface area contributed by atoms with Crippen molar-refractivity contribution in [1.82, 2.24) is 9.55 Å². The van der Waals surface area contributed by atoms with E-state index in [1.54, 1.807) is 0 Å². The minimum absolute atomic E-state index is 0.247. The van der Waals surface area contributed by atoms with Crippen LogP contribution in [0.1, 0.15) is 29.3 Å². The second-order valence-corrected chi connectivity index (χ2v) is 7.22. The molecule has 0 saturated heterocycles. The number of carboxylic acids is 1. The summed E-state index contributed by atoms with van der Waals surface area (Å²) in [4.78, 5) is 27.9. The summed E-state index contributed by atoms with van der Waals surface area (Å²) in [6.07, 6.45) is 1.96. The standard InChI is InChI=1S/C21H21N3O3/c1-24-17-9-8-14(15-12-21(15,19(22)25)20(26)27)11-16(17)23-18(24)10-7-13-5-3-2-4-6-13/h2-6,8-9,11,15H,7,10,12H2,1H3,(H2,22,25)(H,26,27). The number of rotatable bonds is 6. The number of carbonyl (C=O) groups is 2. The fourth-order valence-electron chi connectivity index (χ4n) is 3.89. The van der Waals surface area contributed by atoms with E-state index in [0.29, 0.717) is 0 Å². The van der Waals surface area contributed by atoms with Crippen LogP contribution in [0.2, 0.25) is 0 Å². The number of nitrogens with two attached hydrogens (primary N) is 1. The number of primary amides is 1. The number of carboxylic acid groups (broad SMARTS) is 1. The molecule has 2 unspecified atom stereocenters. The Morgan fingerprint density at radius 3 is 2.59 bits per heavy atom. The molecule has 0 bridgehead atoms. The quantitative estimate of drug-likeness (QED) is 0.657. The Morgan fingerprint density at radius 2 is 1.96 bits per heavy atom. The van der Waals surface area contributed by atoms with Crippen LogP contribution >= 0.6 is 0 Å². The van der Waals surface area contributed by atoms with E-state index >= 15 is 0 Å². The molecule has 1 aliphatic carbocycles. The lowest BCUT2D eigenvalue weighted by Gasteiger charge is -2.08. The van der Waals surface area contributed by atoms with Crippen LogP contribution in [0, 0.1) is 5.41 Å². The summed E-state index contributed by atoms with van der Waals surface area (Å²) in [5.41, 5.74) is 7.75. The number of aromatic nitrogens is 2. The highest BCUT2D eigenvalue weighted by Crippen LogP contribution is 2.59. The Kier molecular flexibility index (Phi) is 3.98. The molecule has 1 heterocycles. The van der Waals surface area contributed by atoms with Gasteiger partial charge in [0.25, 0.3) is 0 Å². The van der Waals surface area contributed by atoms with Crippen LogP contribution in [0.15, 0.2) is 48.5 Å². The highest BCUT2D eigenvalue weighted by molar-refractivity contribution is 6.06. The fourth-order valence-corrected chi connectivity index (χ4v) is 3.89. The van der Waals surface area contributed by atoms with Crippen molar-refractivity contribution in [1.29, 1.82) is 0 Å². The minimum atomic E-state index is -1.47. The van der Waals surface area contributed by atoms with Gasteiger partial charge in [0.1, 0.15) is 5.82 Å². The summed E-state index contributed by atoms with van der Waals surface area (Å²) in [7, 11) is 1.98. The summed E-state index contributed by atoms with van der Waals surface area (Å²) < 4.78 is 2.06. The molecule has 4 rings (SSSR count). The third kappa shape index (κ3) is 2.77. The van der Waals surface area contributed by atoms with Gasteiger partial charge >= 0.3 is 5.97 Å². The topological polar surface area (TPSA) is 98.2 Å². The zero-order chi connectivity index (χ0) is 19.2. The maximum atomic E-state index is 11.7. The third-order valence-electron chi connectivity index (χ3n) is 5.66. The van der Waals surface area contributed by atoms with Crippen molar-refractivity contribution in [2.45, 2.75) is 25.2 Å². The number of nitrogens with zero attached hydrogens (tertiary/aromatic N) is 2. The lowest BCUT2D eigenvalue weighted by molar-refractivity contribution is -0.148. The number of fused-ring (bicyclic) bond motifs is 1. The number of amides is 1. The molecule has 1 amide bonds. The Bertz CT molecular complexity index is 1030. The van der Waals surface area contributed by atoms with Crippen LogP contribution in [-0.2, 0) is 29.5 Å². The van der Waals surface area contributed by atoms with E-state index in [1.807, 2.05) is 43.4 Å². The number of aryl methyl sites for hydroxylation is 3. The SMILES string of the molecule is Cn1c(CCc2ccccc2)nc2cc(C3CC3(C(N)=O)C(=O)O)ccc21. The van der Waals surface area contributed by atoms with E-state index in [1.165, 1.54) is 5.56 Å². The molecule has 2 aromatic carbocycles. The molecule has 27 heavy (non-hydrogen) atoms. The lowest BCUT2D eigenvalue weighted by Crippen LogP contribution is -2.33. The van der Waals surface area contributed by atoms with Gasteiger partial charge in [0.15, 0.2) is 5.41 Å². The van der Waals surface area contributed by atoms with Gasteiger partial charge in [-0.25, -0.2) is 4.98 Å². The van der Waals surface area contributed by atoms with Crippen molar-refractivity contribution >= 4 is 22.9 Å². The molecule has 0 aliphatic heterocycles. The van der Waals surface area contributed by atoms with Gasteiger partial charge in [-0.2, -0.15) is 0 Å². The second-order valence-electron chi connectivity index (χ2n) is 7.22. The smallest absolute Gasteiger partial charge is 0.319 e. The molecule has 138 valence electrons. The van der Waals surface area contributed by atoms with Gasteiger partial charge in [-0.3, -0.25) is 9.59 Å². The van der Waals surface area contributed by atoms with Gasteiger partial charge in [0, 0.05) is 19.4 Å². The predicted molar refractivity (Wildman–Crippen MR) is 101 cm³/mol. The molecule has 1 aliphatic rings. The Hall–Kier alpha value is -3.15. The van der Waals surface area contributed by atoms with Crippen LogP contribution in [0.25, 0.3) is 11.0 Å². The van der Waals surface area contributed by atoms with E-state index in [-0.39, 0.29) is 12.3 Å². The van der Waals surface area contributed by atoms with Gasteiger partial charge in [-0.15, -0.1) is 0 Å². The maximum Gasteiger partial charge on any atom is 0.319 e. The molecular weight excluding hydrogens is 342 g/mol. The molecular formula is C21H21N3O3. The van der Waals surface area contributed by atoms with Crippen LogP contribution in [0.3, 0.4) is 0 Å². The first-order valence-corrected chi connectivity index (χ1v) is 8.96. The number of aliphatic carboxylic acids is 1. The van der Waals surface area contributed by atoms with Crippen molar-refractivity contribution in [3.63, 3.8) is 0 Å². The zero-order valence-corrected chi connectivity index (χ0v) is 15.1. The summed E-state index contributed by atoms with van der Waals surface area (Å²) in [6.45, 7) is 0. The molecule has 0 spiro atoms. The summed E-state index contributed by atoms with van der Waals surface area (Å²) >= 11 is 0. The Balaban J connectivity index is 1.61. The van der Waals surface area contributed by atoms with E-state index in [0.717, 1.165) is 35.3 Å². The summed E-state index contributed by atoms with van der Waals surface area (Å²) in [5.74, 6) is -1.33. The first-order chi connectivity index (χ1) is 12.9. The van der Waals surface area contributed by atoms with Crippen molar-refractivity contribution in [2.75, 3.05) is 0 Å². The molecule has 2 atom stereocenters. The van der Waals surface area contributed by atoms with Crippen LogP contribution in [-0.4, -0.2) is 26.5 Å². The fraction of sp³-hybridized carbons (Fsp3) is 0.286. The van der Waals surface area contributed by atoms with Crippen LogP contribution in [0.4, 0.5) is 0 Å². The van der Waals surface area contributed by atoms with E-state index in [2.05, 4.69) is 16.7 Å². The van der Waals surface area contributed by atoms with Crippen LogP contribution in [0.5, 0.6) is 0 Å².